The zero-order valence-corrected chi connectivity index (χ0v) is 13.3. The molecule has 0 saturated heterocycles. The maximum absolute atomic E-state index is 9.44. The van der Waals surface area contributed by atoms with Crippen molar-refractivity contribution in [3.8, 4) is 0 Å². The molecule has 116 valence electrons. The van der Waals surface area contributed by atoms with Gasteiger partial charge >= 0.3 is 20.8 Å². The van der Waals surface area contributed by atoms with Crippen molar-refractivity contribution >= 4 is 20.8 Å². The van der Waals surface area contributed by atoms with Crippen LogP contribution in [0, 0.1) is 0 Å². The summed E-state index contributed by atoms with van der Waals surface area (Å²) in [5.74, 6) is 0. The van der Waals surface area contributed by atoms with Gasteiger partial charge in [0.05, 0.1) is 11.1 Å². The standard InChI is InChI=1S/C8H18N2.H2O7S2/c1-7(2,3)9-10-8(4,5)6;1-8(2,3)7-9(4,5)6/h1-6H3;(H,1,2,3)(H,4,5,6). The van der Waals surface area contributed by atoms with Gasteiger partial charge < -0.3 is 0 Å². The van der Waals surface area contributed by atoms with E-state index in [1.807, 2.05) is 41.5 Å². The second-order valence-electron chi connectivity index (χ2n) is 5.47. The number of azo groups is 1. The molecule has 0 bridgehead atoms. The Balaban J connectivity index is 0. The van der Waals surface area contributed by atoms with Crippen molar-refractivity contribution in [3.63, 3.8) is 0 Å². The summed E-state index contributed by atoms with van der Waals surface area (Å²) in [7, 11) is -10.2. The minimum absolute atomic E-state index is 0.0344. The molecule has 0 heterocycles. The van der Waals surface area contributed by atoms with E-state index < -0.39 is 20.8 Å². The van der Waals surface area contributed by atoms with E-state index in [9.17, 15) is 16.8 Å². The quantitative estimate of drug-likeness (QED) is 0.581. The highest BCUT2D eigenvalue weighted by Gasteiger charge is 2.15. The molecule has 19 heavy (non-hydrogen) atoms. The van der Waals surface area contributed by atoms with Crippen LogP contribution in [0.4, 0.5) is 0 Å². The molecule has 0 aromatic heterocycles. The molecule has 0 unspecified atom stereocenters. The third-order valence-electron chi connectivity index (χ3n) is 0.822. The Bertz CT molecular complexity index is 448. The van der Waals surface area contributed by atoms with Crippen LogP contribution < -0.4 is 0 Å². The summed E-state index contributed by atoms with van der Waals surface area (Å²) in [6.07, 6.45) is 0. The molecule has 0 aliphatic rings. The molecule has 0 aliphatic carbocycles. The second kappa shape index (κ2) is 6.70. The van der Waals surface area contributed by atoms with Crippen molar-refractivity contribution in [2.75, 3.05) is 0 Å². The van der Waals surface area contributed by atoms with Gasteiger partial charge in [0, 0.05) is 0 Å². The first-order valence-electron chi connectivity index (χ1n) is 5.01. The molecular formula is C8H20N2O7S2. The van der Waals surface area contributed by atoms with Crippen molar-refractivity contribution in [1.82, 2.24) is 0 Å². The fraction of sp³-hybridized carbons (Fsp3) is 1.00. The average molecular weight is 320 g/mol. The first kappa shape index (κ1) is 20.7. The van der Waals surface area contributed by atoms with E-state index >= 15 is 0 Å². The van der Waals surface area contributed by atoms with Gasteiger partial charge in [-0.25, -0.2) is 0 Å². The highest BCUT2D eigenvalue weighted by atomic mass is 32.3. The van der Waals surface area contributed by atoms with Crippen molar-refractivity contribution < 1.29 is 29.6 Å². The van der Waals surface area contributed by atoms with E-state index in [0.29, 0.717) is 0 Å². The average Bonchev–Trinajstić information content (AvgIpc) is 1.91. The van der Waals surface area contributed by atoms with Crippen LogP contribution in [-0.2, 0) is 24.4 Å². The highest BCUT2D eigenvalue weighted by Crippen LogP contribution is 2.13. The molecule has 0 saturated carbocycles. The number of nitrogens with zero attached hydrogens (tertiary/aromatic N) is 2. The van der Waals surface area contributed by atoms with Crippen molar-refractivity contribution in [1.29, 1.82) is 0 Å². The van der Waals surface area contributed by atoms with Gasteiger partial charge in [-0.2, -0.15) is 27.1 Å². The van der Waals surface area contributed by atoms with Gasteiger partial charge in [-0.1, -0.05) is 0 Å². The molecule has 0 aliphatic heterocycles. The van der Waals surface area contributed by atoms with Crippen LogP contribution >= 0.6 is 0 Å². The molecule has 0 spiro atoms. The summed E-state index contributed by atoms with van der Waals surface area (Å²) < 4.78 is 55.6. The van der Waals surface area contributed by atoms with Crippen LogP contribution in [0.1, 0.15) is 41.5 Å². The molecule has 2 N–H and O–H groups in total. The zero-order chi connectivity index (χ0) is 16.1. The monoisotopic (exact) mass is 320 g/mol. The third kappa shape index (κ3) is 26.8. The topological polar surface area (TPSA) is 143 Å². The molecule has 0 aromatic rings. The normalized spacial score (nSPS) is 14.1. The van der Waals surface area contributed by atoms with Crippen LogP contribution in [-0.4, -0.2) is 37.0 Å². The van der Waals surface area contributed by atoms with Crippen LogP contribution in [0.2, 0.25) is 0 Å². The van der Waals surface area contributed by atoms with E-state index in [-0.39, 0.29) is 11.1 Å². The number of hydrogen-bond donors (Lipinski definition) is 2. The SMILES string of the molecule is CC(C)(C)N=NC(C)(C)C.O=S(=O)(O)OS(=O)(=O)O. The molecule has 0 amide bonds. The van der Waals surface area contributed by atoms with Gasteiger partial charge in [-0.3, -0.25) is 9.11 Å². The lowest BCUT2D eigenvalue weighted by atomic mass is 10.1. The van der Waals surface area contributed by atoms with Crippen LogP contribution in [0.25, 0.3) is 0 Å². The Hall–Kier alpha value is -0.620. The lowest BCUT2D eigenvalue weighted by Crippen LogP contribution is -2.14. The van der Waals surface area contributed by atoms with Gasteiger partial charge in [0.25, 0.3) is 0 Å². The highest BCUT2D eigenvalue weighted by molar-refractivity contribution is 7.94. The minimum Gasteiger partial charge on any atom is -0.263 e. The van der Waals surface area contributed by atoms with E-state index in [0.717, 1.165) is 0 Å². The summed E-state index contributed by atoms with van der Waals surface area (Å²) in [6.45, 7) is 12.3. The van der Waals surface area contributed by atoms with Crippen LogP contribution in [0.15, 0.2) is 10.2 Å². The van der Waals surface area contributed by atoms with Crippen LogP contribution in [0.5, 0.6) is 0 Å². The molecular weight excluding hydrogens is 300 g/mol. The summed E-state index contributed by atoms with van der Waals surface area (Å²) in [6, 6.07) is 0. The number of hydrogen-bond acceptors (Lipinski definition) is 7. The number of rotatable bonds is 2. The first-order valence-corrected chi connectivity index (χ1v) is 7.74. The maximum Gasteiger partial charge on any atom is 0.413 e. The van der Waals surface area contributed by atoms with Crippen molar-refractivity contribution in [2.24, 2.45) is 10.2 Å². The fourth-order valence-electron chi connectivity index (χ4n) is 0.409. The van der Waals surface area contributed by atoms with E-state index in [4.69, 9.17) is 9.11 Å². The van der Waals surface area contributed by atoms with Gasteiger partial charge in [0.1, 0.15) is 0 Å². The summed E-state index contributed by atoms with van der Waals surface area (Å²) in [5.41, 5.74) is -0.0689. The summed E-state index contributed by atoms with van der Waals surface area (Å²) in [4.78, 5) is 0. The summed E-state index contributed by atoms with van der Waals surface area (Å²) in [5, 5.41) is 8.31. The van der Waals surface area contributed by atoms with Crippen molar-refractivity contribution in [3.05, 3.63) is 0 Å². The minimum atomic E-state index is -5.12. The second-order valence-corrected chi connectivity index (χ2v) is 7.72. The Morgan fingerprint density at radius 1 is 0.737 bits per heavy atom. The van der Waals surface area contributed by atoms with E-state index in [2.05, 4.69) is 13.9 Å². The molecule has 0 radical (unpaired) electrons. The largest absolute Gasteiger partial charge is 0.413 e. The van der Waals surface area contributed by atoms with E-state index in [1.165, 1.54) is 0 Å². The Morgan fingerprint density at radius 3 is 1.00 bits per heavy atom. The van der Waals surface area contributed by atoms with Crippen molar-refractivity contribution in [2.45, 2.75) is 52.6 Å². The van der Waals surface area contributed by atoms with Gasteiger partial charge in [0.15, 0.2) is 0 Å². The predicted octanol–water partition coefficient (Wildman–Crippen LogP) is 1.64. The van der Waals surface area contributed by atoms with Gasteiger partial charge in [-0.05, 0) is 41.5 Å². The van der Waals surface area contributed by atoms with Gasteiger partial charge in [0.2, 0.25) is 0 Å². The van der Waals surface area contributed by atoms with E-state index in [1.54, 1.807) is 0 Å². The lowest BCUT2D eigenvalue weighted by molar-refractivity contribution is 0.344. The molecule has 0 fully saturated rings. The van der Waals surface area contributed by atoms with Crippen LogP contribution in [0.3, 0.4) is 0 Å². The molecule has 0 rings (SSSR count). The molecule has 11 heteroatoms. The Kier molecular flexibility index (Phi) is 7.30. The summed E-state index contributed by atoms with van der Waals surface area (Å²) >= 11 is 0. The third-order valence-corrected chi connectivity index (χ3v) is 2.20. The Morgan fingerprint density at radius 2 is 0.947 bits per heavy atom. The smallest absolute Gasteiger partial charge is 0.263 e. The fourth-order valence-corrected chi connectivity index (χ4v) is 1.28. The zero-order valence-electron chi connectivity index (χ0n) is 11.6. The predicted molar refractivity (Wildman–Crippen MR) is 68.5 cm³/mol. The first-order chi connectivity index (χ1) is 7.91. The molecule has 9 nitrogen and oxygen atoms in total. The van der Waals surface area contributed by atoms with Gasteiger partial charge in [-0.15, -0.1) is 3.63 Å². The lowest BCUT2D eigenvalue weighted by Gasteiger charge is -2.15. The molecule has 0 aromatic carbocycles. The molecule has 0 atom stereocenters. The maximum atomic E-state index is 9.44. The Labute approximate surface area is 114 Å².